The predicted octanol–water partition coefficient (Wildman–Crippen LogP) is 3.83. The summed E-state index contributed by atoms with van der Waals surface area (Å²) in [5, 5.41) is 0. The quantitative estimate of drug-likeness (QED) is 0.705. The van der Waals surface area contributed by atoms with Crippen LogP contribution in [0.2, 0.25) is 0 Å². The first kappa shape index (κ1) is 21.2. The minimum Gasteiger partial charge on any atom is -0.445 e. The Labute approximate surface area is 182 Å². The zero-order valence-electron chi connectivity index (χ0n) is 17.5. The molecule has 2 heterocycles. The third-order valence-electron chi connectivity index (χ3n) is 5.60. The highest BCUT2D eigenvalue weighted by atomic mass is 16.6. The smallest absolute Gasteiger partial charge is 0.410 e. The molecule has 2 aliphatic heterocycles. The molecule has 0 N–H and O–H groups in total. The van der Waals surface area contributed by atoms with Crippen molar-refractivity contribution in [2.75, 3.05) is 26.2 Å². The molecule has 2 aromatic carbocycles. The molecule has 164 valence electrons. The summed E-state index contributed by atoms with van der Waals surface area (Å²) in [6.45, 7) is 2.81. The zero-order valence-corrected chi connectivity index (χ0v) is 17.5. The van der Waals surface area contributed by atoms with Gasteiger partial charge in [0.15, 0.2) is 0 Å². The topological polar surface area (TPSA) is 68.3 Å². The molecule has 4 rings (SSSR count). The van der Waals surface area contributed by atoms with Crippen molar-refractivity contribution in [1.82, 2.24) is 9.80 Å². The van der Waals surface area contributed by atoms with Gasteiger partial charge in [-0.2, -0.15) is 0 Å². The molecule has 2 atom stereocenters. The number of rotatable bonds is 6. The molecule has 0 spiro atoms. The summed E-state index contributed by atoms with van der Waals surface area (Å²) in [5.74, 6) is 0. The van der Waals surface area contributed by atoms with E-state index in [1.165, 1.54) is 0 Å². The molecule has 2 aliphatic rings. The van der Waals surface area contributed by atoms with Gasteiger partial charge in [-0.15, -0.1) is 0 Å². The molecule has 7 heteroatoms. The van der Waals surface area contributed by atoms with Gasteiger partial charge in [0.25, 0.3) is 0 Å². The van der Waals surface area contributed by atoms with Crippen LogP contribution < -0.4 is 0 Å². The number of ether oxygens (including phenoxy) is 3. The standard InChI is InChI=1S/C24H28N2O5/c27-23(29-17-19-7-3-1-4-8-19)25-13-11-21(15-25)31-22-12-14-26(16-22)24(28)30-18-20-9-5-2-6-10-20/h1-10,21-22H,11-18H2/t21-,22-/m0/s1. The maximum Gasteiger partial charge on any atom is 0.410 e. The number of amides is 2. The van der Waals surface area contributed by atoms with Gasteiger partial charge in [-0.05, 0) is 24.0 Å². The monoisotopic (exact) mass is 424 g/mol. The van der Waals surface area contributed by atoms with E-state index in [1.807, 2.05) is 60.7 Å². The predicted molar refractivity (Wildman–Crippen MR) is 114 cm³/mol. The van der Waals surface area contributed by atoms with E-state index in [0.717, 1.165) is 24.0 Å². The summed E-state index contributed by atoms with van der Waals surface area (Å²) in [5.41, 5.74) is 1.93. The van der Waals surface area contributed by atoms with Crippen LogP contribution in [-0.4, -0.2) is 60.4 Å². The third kappa shape index (κ3) is 5.98. The van der Waals surface area contributed by atoms with E-state index in [1.54, 1.807) is 9.80 Å². The van der Waals surface area contributed by atoms with Gasteiger partial charge < -0.3 is 24.0 Å². The largest absolute Gasteiger partial charge is 0.445 e. The van der Waals surface area contributed by atoms with E-state index in [4.69, 9.17) is 14.2 Å². The second-order valence-corrected chi connectivity index (χ2v) is 7.93. The van der Waals surface area contributed by atoms with Gasteiger partial charge >= 0.3 is 12.2 Å². The highest BCUT2D eigenvalue weighted by molar-refractivity contribution is 5.68. The van der Waals surface area contributed by atoms with Crippen molar-refractivity contribution >= 4 is 12.2 Å². The Balaban J connectivity index is 1.16. The minimum atomic E-state index is -0.313. The van der Waals surface area contributed by atoms with Gasteiger partial charge in [0.2, 0.25) is 0 Å². The fourth-order valence-corrected chi connectivity index (χ4v) is 3.90. The average Bonchev–Trinajstić information content (AvgIpc) is 3.47. The lowest BCUT2D eigenvalue weighted by molar-refractivity contribution is -0.00142. The number of carbonyl (C=O) groups excluding carboxylic acids is 2. The molecule has 2 amide bonds. The maximum absolute atomic E-state index is 12.3. The van der Waals surface area contributed by atoms with Crippen LogP contribution in [0.4, 0.5) is 9.59 Å². The van der Waals surface area contributed by atoms with Crippen molar-refractivity contribution in [2.45, 2.75) is 38.3 Å². The molecule has 2 aromatic rings. The molecule has 2 saturated heterocycles. The molecule has 7 nitrogen and oxygen atoms in total. The van der Waals surface area contributed by atoms with Crippen molar-refractivity contribution in [2.24, 2.45) is 0 Å². The fraction of sp³-hybridized carbons (Fsp3) is 0.417. The second kappa shape index (κ2) is 10.3. The second-order valence-electron chi connectivity index (χ2n) is 7.93. The van der Waals surface area contributed by atoms with Crippen molar-refractivity contribution in [1.29, 1.82) is 0 Å². The molecule has 0 aromatic heterocycles. The van der Waals surface area contributed by atoms with Crippen molar-refractivity contribution in [3.8, 4) is 0 Å². The Kier molecular flexibility index (Phi) is 7.04. The van der Waals surface area contributed by atoms with Crippen LogP contribution in [0.1, 0.15) is 24.0 Å². The van der Waals surface area contributed by atoms with E-state index >= 15 is 0 Å². The third-order valence-corrected chi connectivity index (χ3v) is 5.60. The number of hydrogen-bond donors (Lipinski definition) is 0. The Hall–Kier alpha value is -3.06. The molecule has 0 unspecified atom stereocenters. The molecular weight excluding hydrogens is 396 g/mol. The van der Waals surface area contributed by atoms with Crippen molar-refractivity contribution < 1.29 is 23.8 Å². The Morgan fingerprint density at radius 2 is 1.13 bits per heavy atom. The van der Waals surface area contributed by atoms with Gasteiger partial charge in [0, 0.05) is 13.1 Å². The SMILES string of the molecule is O=C(OCc1ccccc1)N1CC[C@H](O[C@H]2CCN(C(=O)OCc3ccccc3)C2)C1. The molecule has 0 radical (unpaired) electrons. The van der Waals surface area contributed by atoms with Gasteiger partial charge in [0.05, 0.1) is 25.3 Å². The first-order chi connectivity index (χ1) is 15.2. The lowest BCUT2D eigenvalue weighted by atomic mass is 10.2. The molecule has 2 fully saturated rings. The van der Waals surface area contributed by atoms with E-state index in [9.17, 15) is 9.59 Å². The number of hydrogen-bond acceptors (Lipinski definition) is 5. The summed E-state index contributed by atoms with van der Waals surface area (Å²) < 4.78 is 17.0. The average molecular weight is 424 g/mol. The normalized spacial score (nSPS) is 20.6. The van der Waals surface area contributed by atoms with E-state index in [0.29, 0.717) is 26.2 Å². The summed E-state index contributed by atoms with van der Waals surface area (Å²) in [4.78, 5) is 28.0. The summed E-state index contributed by atoms with van der Waals surface area (Å²) in [6, 6.07) is 19.3. The number of benzene rings is 2. The first-order valence-electron chi connectivity index (χ1n) is 10.7. The molecule has 0 saturated carbocycles. The minimum absolute atomic E-state index is 0.0328. The number of carbonyl (C=O) groups is 2. The lowest BCUT2D eigenvalue weighted by Gasteiger charge is -2.20. The van der Waals surface area contributed by atoms with E-state index < -0.39 is 0 Å². The van der Waals surface area contributed by atoms with Crippen LogP contribution in [0, 0.1) is 0 Å². The summed E-state index contributed by atoms with van der Waals surface area (Å²) in [6.07, 6.45) is 0.856. The summed E-state index contributed by atoms with van der Waals surface area (Å²) >= 11 is 0. The van der Waals surface area contributed by atoms with Crippen LogP contribution in [0.3, 0.4) is 0 Å². The van der Waals surface area contributed by atoms with Gasteiger partial charge in [-0.25, -0.2) is 9.59 Å². The van der Waals surface area contributed by atoms with E-state index in [-0.39, 0.29) is 37.6 Å². The first-order valence-corrected chi connectivity index (χ1v) is 10.7. The van der Waals surface area contributed by atoms with E-state index in [2.05, 4.69) is 0 Å². The zero-order chi connectivity index (χ0) is 21.5. The molecule has 0 bridgehead atoms. The summed E-state index contributed by atoms with van der Waals surface area (Å²) in [7, 11) is 0. The van der Waals surface area contributed by atoms with Crippen LogP contribution in [0.5, 0.6) is 0 Å². The fourth-order valence-electron chi connectivity index (χ4n) is 3.90. The Morgan fingerprint density at radius 3 is 1.55 bits per heavy atom. The molecule has 0 aliphatic carbocycles. The maximum atomic E-state index is 12.3. The van der Waals surface area contributed by atoms with Crippen LogP contribution in [0.25, 0.3) is 0 Å². The number of nitrogens with zero attached hydrogens (tertiary/aromatic N) is 2. The van der Waals surface area contributed by atoms with Crippen LogP contribution >= 0.6 is 0 Å². The van der Waals surface area contributed by atoms with Crippen molar-refractivity contribution in [3.05, 3.63) is 71.8 Å². The van der Waals surface area contributed by atoms with Crippen molar-refractivity contribution in [3.63, 3.8) is 0 Å². The van der Waals surface area contributed by atoms with Gasteiger partial charge in [-0.1, -0.05) is 60.7 Å². The van der Waals surface area contributed by atoms with Gasteiger partial charge in [0.1, 0.15) is 13.2 Å². The van der Waals surface area contributed by atoms with Crippen LogP contribution in [0.15, 0.2) is 60.7 Å². The number of likely N-dealkylation sites (tertiary alicyclic amines) is 2. The molecular formula is C24H28N2O5. The Morgan fingerprint density at radius 1 is 0.710 bits per heavy atom. The Bertz CT molecular complexity index is 789. The molecule has 31 heavy (non-hydrogen) atoms. The lowest BCUT2D eigenvalue weighted by Crippen LogP contribution is -2.34. The van der Waals surface area contributed by atoms with Crippen LogP contribution in [-0.2, 0) is 27.4 Å². The van der Waals surface area contributed by atoms with Gasteiger partial charge in [-0.3, -0.25) is 0 Å². The highest BCUT2D eigenvalue weighted by Crippen LogP contribution is 2.21. The highest BCUT2D eigenvalue weighted by Gasteiger charge is 2.33.